The van der Waals surface area contributed by atoms with E-state index in [1.807, 2.05) is 55.7 Å². The van der Waals surface area contributed by atoms with Crippen LogP contribution in [0.1, 0.15) is 28.3 Å². The number of rotatable bonds is 4. The van der Waals surface area contributed by atoms with Crippen LogP contribution in [0.4, 0.5) is 0 Å². The van der Waals surface area contributed by atoms with Crippen molar-refractivity contribution in [2.45, 2.75) is 25.7 Å². The van der Waals surface area contributed by atoms with Gasteiger partial charge in [-0.1, -0.05) is 6.07 Å². The number of hydrogen-bond donors (Lipinski definition) is 2. The lowest BCUT2D eigenvalue weighted by molar-refractivity contribution is 0.598. The Labute approximate surface area is 180 Å². The number of sulfonamides is 1. The number of fused-ring (bicyclic) bond motifs is 1. The molecule has 156 valence electrons. The fourth-order valence-corrected chi connectivity index (χ4v) is 4.19. The second-order valence-electron chi connectivity index (χ2n) is 7.48. The predicted molar refractivity (Wildman–Crippen MR) is 121 cm³/mol. The van der Waals surface area contributed by atoms with Crippen molar-refractivity contribution in [2.24, 2.45) is 5.14 Å². The lowest BCUT2D eigenvalue weighted by Gasteiger charge is -2.10. The number of primary sulfonamides is 1. The Balaban J connectivity index is 1.76. The molecule has 0 aliphatic heterocycles. The van der Waals surface area contributed by atoms with Crippen LogP contribution in [0.25, 0.3) is 28.4 Å². The summed E-state index contributed by atoms with van der Waals surface area (Å²) in [4.78, 5) is 7.83. The standard InChI is InChI=1S/C23H21N5O2S/c1-14-4-9-21-22(10-14)27-23(26-21)18(13-24)12-17-11-15(2)28(16(17)3)19-5-7-20(8-6-19)31(25,29)30/h4-12H,1-3H3,(H,26,27)(H2,25,29,30). The molecule has 0 spiro atoms. The predicted octanol–water partition coefficient (Wildman–Crippen LogP) is 3.99. The fourth-order valence-electron chi connectivity index (χ4n) is 3.68. The first-order chi connectivity index (χ1) is 14.7. The van der Waals surface area contributed by atoms with Gasteiger partial charge in [-0.3, -0.25) is 0 Å². The molecule has 0 aliphatic rings. The molecule has 0 amide bonds. The molecule has 31 heavy (non-hydrogen) atoms. The van der Waals surface area contributed by atoms with E-state index >= 15 is 0 Å². The second kappa shape index (κ2) is 7.54. The number of aromatic amines is 1. The van der Waals surface area contributed by atoms with E-state index in [4.69, 9.17) is 5.14 Å². The molecule has 2 heterocycles. The van der Waals surface area contributed by atoms with Gasteiger partial charge in [0.15, 0.2) is 0 Å². The second-order valence-corrected chi connectivity index (χ2v) is 9.04. The number of aromatic nitrogens is 3. The Morgan fingerprint density at radius 1 is 1.13 bits per heavy atom. The van der Waals surface area contributed by atoms with Crippen LogP contribution in [0, 0.1) is 32.1 Å². The molecular weight excluding hydrogens is 410 g/mol. The molecule has 0 bridgehead atoms. The topological polar surface area (TPSA) is 118 Å². The average molecular weight is 432 g/mol. The van der Waals surface area contributed by atoms with Crippen LogP contribution in [-0.4, -0.2) is 23.0 Å². The highest BCUT2D eigenvalue weighted by Crippen LogP contribution is 2.26. The highest BCUT2D eigenvalue weighted by molar-refractivity contribution is 7.89. The number of nitrogens with two attached hydrogens (primary N) is 1. The monoisotopic (exact) mass is 431 g/mol. The molecule has 0 fully saturated rings. The molecule has 4 aromatic rings. The molecule has 0 radical (unpaired) electrons. The lowest BCUT2D eigenvalue weighted by Crippen LogP contribution is -2.12. The Bertz CT molecular complexity index is 1480. The molecule has 0 atom stereocenters. The van der Waals surface area contributed by atoms with Crippen LogP contribution < -0.4 is 5.14 Å². The molecule has 2 aromatic carbocycles. The summed E-state index contributed by atoms with van der Waals surface area (Å²) in [6, 6.07) is 16.5. The van der Waals surface area contributed by atoms with Crippen molar-refractivity contribution in [2.75, 3.05) is 0 Å². The summed E-state index contributed by atoms with van der Waals surface area (Å²) in [5.74, 6) is 0.519. The number of nitriles is 1. The summed E-state index contributed by atoms with van der Waals surface area (Å²) in [6.07, 6.45) is 1.81. The maximum atomic E-state index is 11.5. The smallest absolute Gasteiger partial charge is 0.238 e. The highest BCUT2D eigenvalue weighted by Gasteiger charge is 2.14. The molecule has 0 aliphatic carbocycles. The number of benzene rings is 2. The van der Waals surface area contributed by atoms with E-state index in [1.54, 1.807) is 12.1 Å². The van der Waals surface area contributed by atoms with Crippen LogP contribution in [0.3, 0.4) is 0 Å². The third-order valence-electron chi connectivity index (χ3n) is 5.21. The first kappa shape index (κ1) is 20.6. The largest absolute Gasteiger partial charge is 0.337 e. The number of hydrogen-bond acceptors (Lipinski definition) is 4. The van der Waals surface area contributed by atoms with Crippen LogP contribution in [0.5, 0.6) is 0 Å². The van der Waals surface area contributed by atoms with Gasteiger partial charge in [0.05, 0.1) is 21.5 Å². The van der Waals surface area contributed by atoms with Crippen molar-refractivity contribution in [3.8, 4) is 11.8 Å². The van der Waals surface area contributed by atoms with E-state index in [9.17, 15) is 13.7 Å². The maximum absolute atomic E-state index is 11.5. The van der Waals surface area contributed by atoms with E-state index in [0.717, 1.165) is 39.2 Å². The van der Waals surface area contributed by atoms with Gasteiger partial charge in [-0.05, 0) is 80.4 Å². The normalized spacial score (nSPS) is 12.3. The Morgan fingerprint density at radius 2 is 1.84 bits per heavy atom. The van der Waals surface area contributed by atoms with Crippen LogP contribution in [-0.2, 0) is 10.0 Å². The first-order valence-electron chi connectivity index (χ1n) is 9.58. The number of aryl methyl sites for hydroxylation is 2. The third-order valence-corrected chi connectivity index (χ3v) is 6.14. The summed E-state index contributed by atoms with van der Waals surface area (Å²) >= 11 is 0. The minimum Gasteiger partial charge on any atom is -0.337 e. The zero-order valence-electron chi connectivity index (χ0n) is 17.3. The quantitative estimate of drug-likeness (QED) is 0.475. The summed E-state index contributed by atoms with van der Waals surface area (Å²) in [5.41, 5.74) is 6.78. The molecule has 7 nitrogen and oxygen atoms in total. The molecule has 0 saturated heterocycles. The van der Waals surface area contributed by atoms with Crippen LogP contribution >= 0.6 is 0 Å². The zero-order valence-corrected chi connectivity index (χ0v) is 18.2. The van der Waals surface area contributed by atoms with E-state index in [1.165, 1.54) is 12.1 Å². The minimum atomic E-state index is -3.75. The van der Waals surface area contributed by atoms with Gasteiger partial charge in [0.1, 0.15) is 11.9 Å². The van der Waals surface area contributed by atoms with Gasteiger partial charge in [0.25, 0.3) is 0 Å². The molecular formula is C23H21N5O2S. The van der Waals surface area contributed by atoms with Crippen molar-refractivity contribution in [1.29, 1.82) is 5.26 Å². The van der Waals surface area contributed by atoms with E-state index in [0.29, 0.717) is 11.4 Å². The van der Waals surface area contributed by atoms with Crippen molar-refractivity contribution >= 4 is 32.7 Å². The lowest BCUT2D eigenvalue weighted by atomic mass is 10.1. The van der Waals surface area contributed by atoms with Crippen LogP contribution in [0.2, 0.25) is 0 Å². The van der Waals surface area contributed by atoms with Crippen molar-refractivity contribution in [1.82, 2.24) is 14.5 Å². The SMILES string of the molecule is Cc1ccc2nc(C(C#N)=Cc3cc(C)n(-c4ccc(S(N)(=O)=O)cc4)c3C)[nH]c2c1. The Morgan fingerprint density at radius 3 is 2.48 bits per heavy atom. The van der Waals surface area contributed by atoms with Gasteiger partial charge in [0.2, 0.25) is 10.0 Å². The number of nitrogens with zero attached hydrogens (tertiary/aromatic N) is 3. The number of nitrogens with one attached hydrogen (secondary N) is 1. The maximum Gasteiger partial charge on any atom is 0.238 e. The number of H-pyrrole nitrogens is 1. The average Bonchev–Trinajstić information content (AvgIpc) is 3.25. The Hall–Kier alpha value is -3.67. The summed E-state index contributed by atoms with van der Waals surface area (Å²) in [7, 11) is -3.75. The van der Waals surface area contributed by atoms with Crippen LogP contribution in [0.15, 0.2) is 53.4 Å². The third kappa shape index (κ3) is 3.89. The van der Waals surface area contributed by atoms with Crippen molar-refractivity contribution in [3.05, 3.63) is 76.9 Å². The molecule has 0 saturated carbocycles. The number of allylic oxidation sites excluding steroid dienone is 1. The zero-order chi connectivity index (χ0) is 22.3. The Kier molecular flexibility index (Phi) is 5.01. The molecule has 3 N–H and O–H groups in total. The summed E-state index contributed by atoms with van der Waals surface area (Å²) in [6.45, 7) is 5.91. The van der Waals surface area contributed by atoms with Gasteiger partial charge < -0.3 is 9.55 Å². The minimum absolute atomic E-state index is 0.0609. The first-order valence-corrected chi connectivity index (χ1v) is 11.1. The van der Waals surface area contributed by atoms with Gasteiger partial charge in [-0.25, -0.2) is 18.5 Å². The van der Waals surface area contributed by atoms with E-state index in [-0.39, 0.29) is 4.90 Å². The van der Waals surface area contributed by atoms with Crippen molar-refractivity contribution in [3.63, 3.8) is 0 Å². The van der Waals surface area contributed by atoms with Gasteiger partial charge >= 0.3 is 0 Å². The molecule has 2 aromatic heterocycles. The van der Waals surface area contributed by atoms with Crippen molar-refractivity contribution < 1.29 is 8.42 Å². The summed E-state index contributed by atoms with van der Waals surface area (Å²) < 4.78 is 25.0. The molecule has 0 unspecified atom stereocenters. The van der Waals surface area contributed by atoms with E-state index < -0.39 is 10.0 Å². The van der Waals surface area contributed by atoms with E-state index in [2.05, 4.69) is 16.0 Å². The molecule has 8 heteroatoms. The number of imidazole rings is 1. The van der Waals surface area contributed by atoms with Gasteiger partial charge in [-0.15, -0.1) is 0 Å². The van der Waals surface area contributed by atoms with Gasteiger partial charge in [0, 0.05) is 17.1 Å². The summed E-state index contributed by atoms with van der Waals surface area (Å²) in [5, 5.41) is 14.9. The van der Waals surface area contributed by atoms with Gasteiger partial charge in [-0.2, -0.15) is 5.26 Å². The highest BCUT2D eigenvalue weighted by atomic mass is 32.2. The molecule has 4 rings (SSSR count). The fraction of sp³-hybridized carbons (Fsp3) is 0.130.